The van der Waals surface area contributed by atoms with Crippen molar-refractivity contribution in [2.75, 3.05) is 0 Å². The van der Waals surface area contributed by atoms with Crippen LogP contribution in [0.15, 0.2) is 72.9 Å². The summed E-state index contributed by atoms with van der Waals surface area (Å²) in [4.78, 5) is 10.1. The topological polar surface area (TPSA) is 30.7 Å². The van der Waals surface area contributed by atoms with Crippen molar-refractivity contribution in [3.63, 3.8) is 0 Å². The average Bonchev–Trinajstić information content (AvgIpc) is 3.18. The van der Waals surface area contributed by atoms with Gasteiger partial charge in [-0.3, -0.25) is 4.98 Å². The molecular formula is C26H25N3Pt. The SMILES string of the molecule is CCC(CC)(c1cccc(-c2[c-]cccc2)n1)c1cn(C)c(-c2[c-]cccc2)n1.[Pt+2]. The van der Waals surface area contributed by atoms with E-state index >= 15 is 0 Å². The Labute approximate surface area is 193 Å². The molecule has 0 bridgehead atoms. The van der Waals surface area contributed by atoms with Gasteiger partial charge in [-0.05, 0) is 24.6 Å². The number of imidazole rings is 1. The molecule has 0 saturated carbocycles. The Hall–Kier alpha value is -2.51. The van der Waals surface area contributed by atoms with Crippen molar-refractivity contribution in [1.29, 1.82) is 0 Å². The van der Waals surface area contributed by atoms with Gasteiger partial charge >= 0.3 is 21.1 Å². The number of aromatic nitrogens is 3. The molecule has 0 radical (unpaired) electrons. The van der Waals surface area contributed by atoms with Crippen LogP contribution in [0.3, 0.4) is 0 Å². The van der Waals surface area contributed by atoms with Crippen LogP contribution in [0, 0.1) is 12.1 Å². The van der Waals surface area contributed by atoms with E-state index in [1.54, 1.807) is 0 Å². The number of pyridine rings is 1. The molecule has 4 heteroatoms. The second kappa shape index (κ2) is 9.53. The number of hydrogen-bond donors (Lipinski definition) is 0. The van der Waals surface area contributed by atoms with Gasteiger partial charge in [-0.1, -0.05) is 26.0 Å². The Morgan fingerprint density at radius 2 is 1.47 bits per heavy atom. The number of nitrogens with zero attached hydrogens (tertiary/aromatic N) is 3. The van der Waals surface area contributed by atoms with Crippen molar-refractivity contribution >= 4 is 0 Å². The molecule has 3 nitrogen and oxygen atoms in total. The third-order valence-electron chi connectivity index (χ3n) is 5.75. The maximum Gasteiger partial charge on any atom is 2.00 e. The van der Waals surface area contributed by atoms with Gasteiger partial charge in [0, 0.05) is 18.9 Å². The summed E-state index contributed by atoms with van der Waals surface area (Å²) < 4.78 is 2.09. The Balaban J connectivity index is 0.00000256. The summed E-state index contributed by atoms with van der Waals surface area (Å²) in [5.74, 6) is 0.930. The van der Waals surface area contributed by atoms with Crippen molar-refractivity contribution in [2.45, 2.75) is 32.1 Å². The van der Waals surface area contributed by atoms with Crippen molar-refractivity contribution in [3.8, 4) is 22.6 Å². The van der Waals surface area contributed by atoms with Gasteiger partial charge in [0.2, 0.25) is 0 Å². The van der Waals surface area contributed by atoms with Gasteiger partial charge in [0.1, 0.15) is 0 Å². The largest absolute Gasteiger partial charge is 2.00 e. The van der Waals surface area contributed by atoms with Crippen LogP contribution in [0.25, 0.3) is 22.6 Å². The molecule has 2 heterocycles. The molecule has 0 N–H and O–H groups in total. The van der Waals surface area contributed by atoms with Crippen molar-refractivity contribution in [2.24, 2.45) is 7.05 Å². The third-order valence-corrected chi connectivity index (χ3v) is 5.75. The smallest absolute Gasteiger partial charge is 0.373 e. The van der Waals surface area contributed by atoms with E-state index in [9.17, 15) is 0 Å². The fourth-order valence-corrected chi connectivity index (χ4v) is 3.99. The minimum Gasteiger partial charge on any atom is -0.373 e. The summed E-state index contributed by atoms with van der Waals surface area (Å²) in [6.45, 7) is 4.44. The van der Waals surface area contributed by atoms with Crippen LogP contribution in [0.1, 0.15) is 38.1 Å². The third kappa shape index (κ3) is 4.04. The molecule has 0 saturated heterocycles. The van der Waals surface area contributed by atoms with E-state index in [-0.39, 0.29) is 26.5 Å². The van der Waals surface area contributed by atoms with E-state index in [1.807, 2.05) is 49.5 Å². The first-order valence-corrected chi connectivity index (χ1v) is 10.1. The zero-order valence-corrected chi connectivity index (χ0v) is 19.8. The molecule has 30 heavy (non-hydrogen) atoms. The Morgan fingerprint density at radius 1 is 0.800 bits per heavy atom. The molecule has 0 aliphatic heterocycles. The maximum atomic E-state index is 5.06. The second-order valence-corrected chi connectivity index (χ2v) is 7.31. The summed E-state index contributed by atoms with van der Waals surface area (Å²) in [5.41, 5.74) is 4.83. The molecule has 2 aromatic carbocycles. The van der Waals surface area contributed by atoms with E-state index in [2.05, 4.69) is 61.0 Å². The zero-order valence-electron chi connectivity index (χ0n) is 17.5. The Bertz CT molecular complexity index is 1080. The number of aryl methyl sites for hydroxylation is 1. The Morgan fingerprint density at radius 3 is 2.07 bits per heavy atom. The normalized spacial score (nSPS) is 11.2. The zero-order chi connectivity index (χ0) is 20.3. The number of hydrogen-bond acceptors (Lipinski definition) is 2. The monoisotopic (exact) mass is 574 g/mol. The van der Waals surface area contributed by atoms with Gasteiger partial charge in [0.05, 0.1) is 16.9 Å². The predicted octanol–water partition coefficient (Wildman–Crippen LogP) is 5.85. The van der Waals surface area contributed by atoms with E-state index in [4.69, 9.17) is 9.97 Å². The number of rotatable bonds is 6. The quantitative estimate of drug-likeness (QED) is 0.271. The van der Waals surface area contributed by atoms with E-state index in [0.29, 0.717) is 0 Å². The summed E-state index contributed by atoms with van der Waals surface area (Å²) in [6.07, 6.45) is 3.99. The first kappa shape index (κ1) is 22.2. The molecule has 154 valence electrons. The predicted molar refractivity (Wildman–Crippen MR) is 117 cm³/mol. The standard InChI is InChI=1S/C26H25N3.Pt/c1-4-26(5-2,23-18-12-17-22(27-23)20-13-8-6-9-14-20)24-19-29(3)25(28-24)21-15-10-7-11-16-21;/h6-13,15,17-19H,4-5H2,1-3H3;/q-2;+2. The fraction of sp³-hybridized carbons (Fsp3) is 0.231. The van der Waals surface area contributed by atoms with Gasteiger partial charge < -0.3 is 9.55 Å². The van der Waals surface area contributed by atoms with E-state index in [1.165, 1.54) is 0 Å². The van der Waals surface area contributed by atoms with Crippen LogP contribution in [0.5, 0.6) is 0 Å². The fourth-order valence-electron chi connectivity index (χ4n) is 3.99. The van der Waals surface area contributed by atoms with Gasteiger partial charge in [-0.2, -0.15) is 0 Å². The summed E-state index contributed by atoms with van der Waals surface area (Å²) in [7, 11) is 2.05. The minimum absolute atomic E-state index is 0. The summed E-state index contributed by atoms with van der Waals surface area (Å²) in [6, 6.07) is 28.8. The van der Waals surface area contributed by atoms with Gasteiger partial charge in [0.15, 0.2) is 0 Å². The first-order chi connectivity index (χ1) is 14.2. The Kier molecular flexibility index (Phi) is 7.05. The molecule has 0 aliphatic carbocycles. The molecule has 4 rings (SSSR count). The first-order valence-electron chi connectivity index (χ1n) is 10.1. The van der Waals surface area contributed by atoms with Gasteiger partial charge in [-0.25, -0.2) is 0 Å². The van der Waals surface area contributed by atoms with E-state index < -0.39 is 0 Å². The number of benzene rings is 2. The average molecular weight is 575 g/mol. The van der Waals surface area contributed by atoms with Crippen LogP contribution in [0.4, 0.5) is 0 Å². The van der Waals surface area contributed by atoms with Crippen LogP contribution in [-0.2, 0) is 33.5 Å². The molecule has 0 aliphatic rings. The summed E-state index contributed by atoms with van der Waals surface area (Å²) >= 11 is 0. The second-order valence-electron chi connectivity index (χ2n) is 7.31. The molecule has 0 spiro atoms. The van der Waals surface area contributed by atoms with Crippen molar-refractivity contribution in [1.82, 2.24) is 14.5 Å². The molecule has 2 aromatic heterocycles. The molecule has 4 aromatic rings. The van der Waals surface area contributed by atoms with Crippen LogP contribution in [0.2, 0.25) is 0 Å². The minimum atomic E-state index is -0.240. The molecule has 0 fully saturated rings. The molecule has 0 atom stereocenters. The van der Waals surface area contributed by atoms with Crippen LogP contribution < -0.4 is 0 Å². The van der Waals surface area contributed by atoms with Crippen molar-refractivity contribution < 1.29 is 21.1 Å². The van der Waals surface area contributed by atoms with Gasteiger partial charge in [-0.15, -0.1) is 71.8 Å². The molecule has 0 amide bonds. The van der Waals surface area contributed by atoms with Crippen LogP contribution >= 0.6 is 0 Å². The van der Waals surface area contributed by atoms with Crippen molar-refractivity contribution in [3.05, 3.63) is 96.4 Å². The summed E-state index contributed by atoms with van der Waals surface area (Å²) in [5, 5.41) is 0. The van der Waals surface area contributed by atoms with Crippen LogP contribution in [-0.4, -0.2) is 14.5 Å². The molecule has 0 unspecified atom stereocenters. The van der Waals surface area contributed by atoms with Gasteiger partial charge in [0.25, 0.3) is 0 Å². The van der Waals surface area contributed by atoms with E-state index in [0.717, 1.165) is 46.9 Å². The maximum absolute atomic E-state index is 5.06. The molecular weight excluding hydrogens is 549 g/mol.